The second-order valence-corrected chi connectivity index (χ2v) is 5.37. The van der Waals surface area contributed by atoms with Crippen molar-refractivity contribution in [3.05, 3.63) is 10.8 Å². The van der Waals surface area contributed by atoms with E-state index in [1.165, 1.54) is 12.8 Å². The van der Waals surface area contributed by atoms with Crippen molar-refractivity contribution in [1.29, 1.82) is 0 Å². The van der Waals surface area contributed by atoms with Gasteiger partial charge < -0.3 is 10.2 Å². The Hall–Kier alpha value is -0.840. The van der Waals surface area contributed by atoms with Gasteiger partial charge in [0.1, 0.15) is 22.4 Å². The number of nitrogens with zero attached hydrogens (tertiary/aromatic N) is 3. The number of hydrogen-bond donors (Lipinski definition) is 1. The van der Waals surface area contributed by atoms with E-state index in [2.05, 4.69) is 57.0 Å². The molecule has 0 radical (unpaired) electrons. The summed E-state index contributed by atoms with van der Waals surface area (Å²) in [4.78, 5) is 10.9. The first-order chi connectivity index (χ1) is 8.15. The molecule has 4 nitrogen and oxygen atoms in total. The van der Waals surface area contributed by atoms with Crippen LogP contribution in [0.2, 0.25) is 0 Å². The molecule has 1 aliphatic rings. The van der Waals surface area contributed by atoms with E-state index in [-0.39, 0.29) is 0 Å². The van der Waals surface area contributed by atoms with Gasteiger partial charge in [0, 0.05) is 19.6 Å². The first kappa shape index (κ1) is 12.6. The van der Waals surface area contributed by atoms with Crippen LogP contribution in [0, 0.1) is 5.92 Å². The van der Waals surface area contributed by atoms with E-state index in [1.54, 1.807) is 6.33 Å². The predicted molar refractivity (Wildman–Crippen MR) is 74.5 cm³/mol. The first-order valence-corrected chi connectivity index (χ1v) is 6.91. The molecule has 1 heterocycles. The van der Waals surface area contributed by atoms with Crippen LogP contribution in [0.4, 0.5) is 11.6 Å². The Morgan fingerprint density at radius 2 is 2.24 bits per heavy atom. The summed E-state index contributed by atoms with van der Waals surface area (Å²) in [6, 6.07) is 0.538. The van der Waals surface area contributed by atoms with E-state index in [1.807, 2.05) is 0 Å². The molecule has 0 bridgehead atoms. The predicted octanol–water partition coefficient (Wildman–Crippen LogP) is 2.91. The summed E-state index contributed by atoms with van der Waals surface area (Å²) in [6.45, 7) is 5.18. The fourth-order valence-electron chi connectivity index (χ4n) is 1.98. The number of nitrogens with one attached hydrogen (secondary N) is 1. The SMILES string of the molecule is CCNc1ncnc(N(C)C(C)C2CC2)c1Br. The summed E-state index contributed by atoms with van der Waals surface area (Å²) in [7, 11) is 2.10. The molecule has 1 aromatic rings. The zero-order valence-electron chi connectivity index (χ0n) is 10.6. The molecule has 1 unspecified atom stereocenters. The lowest BCUT2D eigenvalue weighted by Gasteiger charge is -2.27. The number of aromatic nitrogens is 2. The van der Waals surface area contributed by atoms with E-state index in [9.17, 15) is 0 Å². The molecule has 0 aromatic carbocycles. The fraction of sp³-hybridized carbons (Fsp3) is 0.667. The third-order valence-electron chi connectivity index (χ3n) is 3.36. The van der Waals surface area contributed by atoms with Crippen LogP contribution in [-0.2, 0) is 0 Å². The standard InChI is InChI=1S/C12H19BrN4/c1-4-14-11-10(13)12(16-7-15-11)17(3)8(2)9-5-6-9/h7-9H,4-6H2,1-3H3,(H,14,15,16). The Kier molecular flexibility index (Phi) is 3.86. The Morgan fingerprint density at radius 3 is 2.82 bits per heavy atom. The average Bonchev–Trinajstić information content (AvgIpc) is 3.14. The van der Waals surface area contributed by atoms with Crippen molar-refractivity contribution in [2.75, 3.05) is 23.8 Å². The van der Waals surface area contributed by atoms with Gasteiger partial charge in [0.05, 0.1) is 0 Å². The highest BCUT2D eigenvalue weighted by Gasteiger charge is 2.31. The Labute approximate surface area is 111 Å². The lowest BCUT2D eigenvalue weighted by Crippen LogP contribution is -2.31. The molecule has 0 saturated heterocycles. The summed E-state index contributed by atoms with van der Waals surface area (Å²) in [5.41, 5.74) is 0. The molecule has 1 fully saturated rings. The highest BCUT2D eigenvalue weighted by molar-refractivity contribution is 9.10. The molecule has 0 spiro atoms. The highest BCUT2D eigenvalue weighted by Crippen LogP contribution is 2.38. The summed E-state index contributed by atoms with van der Waals surface area (Å²) >= 11 is 3.59. The van der Waals surface area contributed by atoms with Gasteiger partial charge >= 0.3 is 0 Å². The molecule has 0 amide bonds. The average molecular weight is 299 g/mol. The van der Waals surface area contributed by atoms with Gasteiger partial charge in [0.15, 0.2) is 0 Å². The molecular weight excluding hydrogens is 280 g/mol. The van der Waals surface area contributed by atoms with Gasteiger partial charge in [-0.15, -0.1) is 0 Å². The number of halogens is 1. The third kappa shape index (κ3) is 2.70. The third-order valence-corrected chi connectivity index (χ3v) is 4.09. The normalized spacial score (nSPS) is 16.7. The molecule has 1 aromatic heterocycles. The van der Waals surface area contributed by atoms with Crippen molar-refractivity contribution in [2.24, 2.45) is 5.92 Å². The summed E-state index contributed by atoms with van der Waals surface area (Å²) in [6.07, 6.45) is 4.30. The van der Waals surface area contributed by atoms with Gasteiger partial charge in [-0.25, -0.2) is 9.97 Å². The Morgan fingerprint density at radius 1 is 1.53 bits per heavy atom. The fourth-order valence-corrected chi connectivity index (χ4v) is 2.61. The van der Waals surface area contributed by atoms with E-state index in [0.717, 1.165) is 28.6 Å². The quantitative estimate of drug-likeness (QED) is 0.907. The molecule has 17 heavy (non-hydrogen) atoms. The van der Waals surface area contributed by atoms with Gasteiger partial charge in [-0.2, -0.15) is 0 Å². The largest absolute Gasteiger partial charge is 0.369 e. The lowest BCUT2D eigenvalue weighted by atomic mass is 10.2. The molecule has 5 heteroatoms. The molecule has 1 atom stereocenters. The minimum atomic E-state index is 0.538. The monoisotopic (exact) mass is 298 g/mol. The van der Waals surface area contributed by atoms with Crippen molar-refractivity contribution < 1.29 is 0 Å². The van der Waals surface area contributed by atoms with Crippen LogP contribution >= 0.6 is 15.9 Å². The number of hydrogen-bond acceptors (Lipinski definition) is 4. The molecule has 0 aliphatic heterocycles. The van der Waals surface area contributed by atoms with E-state index in [0.29, 0.717) is 6.04 Å². The lowest BCUT2D eigenvalue weighted by molar-refractivity contribution is 0.602. The highest BCUT2D eigenvalue weighted by atomic mass is 79.9. The molecular formula is C12H19BrN4. The van der Waals surface area contributed by atoms with Gasteiger partial charge in [0.2, 0.25) is 0 Å². The van der Waals surface area contributed by atoms with Crippen molar-refractivity contribution >= 4 is 27.6 Å². The van der Waals surface area contributed by atoms with Crippen LogP contribution in [0.3, 0.4) is 0 Å². The molecule has 1 aliphatic carbocycles. The van der Waals surface area contributed by atoms with Crippen LogP contribution in [0.1, 0.15) is 26.7 Å². The van der Waals surface area contributed by atoms with Crippen molar-refractivity contribution in [1.82, 2.24) is 9.97 Å². The summed E-state index contributed by atoms with van der Waals surface area (Å²) in [5.74, 6) is 2.66. The van der Waals surface area contributed by atoms with E-state index in [4.69, 9.17) is 0 Å². The van der Waals surface area contributed by atoms with Crippen LogP contribution in [-0.4, -0.2) is 29.6 Å². The maximum atomic E-state index is 4.38. The minimum absolute atomic E-state index is 0.538. The summed E-state index contributed by atoms with van der Waals surface area (Å²) < 4.78 is 0.955. The van der Waals surface area contributed by atoms with Crippen LogP contribution in [0.25, 0.3) is 0 Å². The topological polar surface area (TPSA) is 41.1 Å². The van der Waals surface area contributed by atoms with Crippen LogP contribution in [0.5, 0.6) is 0 Å². The Bertz CT molecular complexity index is 392. The number of anilines is 2. The molecule has 2 rings (SSSR count). The van der Waals surface area contributed by atoms with Gasteiger partial charge in [-0.1, -0.05) is 0 Å². The molecule has 1 saturated carbocycles. The van der Waals surface area contributed by atoms with Crippen LogP contribution < -0.4 is 10.2 Å². The maximum absolute atomic E-state index is 4.38. The van der Waals surface area contributed by atoms with E-state index >= 15 is 0 Å². The number of rotatable bonds is 5. The second-order valence-electron chi connectivity index (χ2n) is 4.58. The van der Waals surface area contributed by atoms with Crippen molar-refractivity contribution in [3.63, 3.8) is 0 Å². The van der Waals surface area contributed by atoms with E-state index < -0.39 is 0 Å². The first-order valence-electron chi connectivity index (χ1n) is 6.12. The van der Waals surface area contributed by atoms with Crippen molar-refractivity contribution in [2.45, 2.75) is 32.7 Å². The van der Waals surface area contributed by atoms with Crippen molar-refractivity contribution in [3.8, 4) is 0 Å². The smallest absolute Gasteiger partial charge is 0.148 e. The molecule has 94 valence electrons. The summed E-state index contributed by atoms with van der Waals surface area (Å²) in [5, 5.41) is 3.23. The molecule has 1 N–H and O–H groups in total. The Balaban J connectivity index is 2.21. The zero-order valence-corrected chi connectivity index (χ0v) is 12.2. The maximum Gasteiger partial charge on any atom is 0.148 e. The zero-order chi connectivity index (χ0) is 12.4. The van der Waals surface area contributed by atoms with Gasteiger partial charge in [0.25, 0.3) is 0 Å². The van der Waals surface area contributed by atoms with Gasteiger partial charge in [-0.3, -0.25) is 0 Å². The minimum Gasteiger partial charge on any atom is -0.369 e. The van der Waals surface area contributed by atoms with Crippen LogP contribution in [0.15, 0.2) is 10.8 Å². The van der Waals surface area contributed by atoms with Gasteiger partial charge in [-0.05, 0) is 48.5 Å². The second kappa shape index (κ2) is 5.21.